The maximum Gasteiger partial charge on any atom is 0.119 e. The molecule has 0 heterocycles. The highest BCUT2D eigenvalue weighted by molar-refractivity contribution is 5.27. The molecule has 0 saturated carbocycles. The Bertz CT molecular complexity index is 292. The zero-order chi connectivity index (χ0) is 12.0. The summed E-state index contributed by atoms with van der Waals surface area (Å²) in [5.41, 5.74) is 7.15. The highest BCUT2D eigenvalue weighted by Gasteiger charge is 2.06. The molecule has 2 heteroatoms. The van der Waals surface area contributed by atoms with E-state index in [0.29, 0.717) is 5.92 Å². The van der Waals surface area contributed by atoms with E-state index in [1.807, 2.05) is 19.1 Å². The molecule has 0 saturated heterocycles. The first-order chi connectivity index (χ1) is 7.61. The van der Waals surface area contributed by atoms with Crippen LogP contribution in [0, 0.1) is 5.92 Å². The van der Waals surface area contributed by atoms with Crippen molar-refractivity contribution in [2.24, 2.45) is 11.7 Å². The van der Waals surface area contributed by atoms with Gasteiger partial charge in [-0.1, -0.05) is 19.1 Å². The van der Waals surface area contributed by atoms with Gasteiger partial charge in [-0.15, -0.1) is 0 Å². The number of nitrogens with two attached hydrogens (primary N) is 1. The molecule has 16 heavy (non-hydrogen) atoms. The predicted molar refractivity (Wildman–Crippen MR) is 68.7 cm³/mol. The lowest BCUT2D eigenvalue weighted by Crippen LogP contribution is -2.19. The summed E-state index contributed by atoms with van der Waals surface area (Å²) in [6, 6.07) is 8.65. The van der Waals surface area contributed by atoms with Gasteiger partial charge in [-0.3, -0.25) is 0 Å². The average molecular weight is 221 g/mol. The van der Waals surface area contributed by atoms with Crippen molar-refractivity contribution in [1.82, 2.24) is 0 Å². The van der Waals surface area contributed by atoms with Crippen molar-refractivity contribution in [3.05, 3.63) is 29.8 Å². The van der Waals surface area contributed by atoms with E-state index in [1.165, 1.54) is 5.56 Å². The van der Waals surface area contributed by atoms with E-state index in [-0.39, 0.29) is 6.04 Å². The average Bonchev–Trinajstić information content (AvgIpc) is 2.20. The zero-order valence-electron chi connectivity index (χ0n) is 10.6. The molecule has 1 aromatic carbocycles. The van der Waals surface area contributed by atoms with E-state index in [4.69, 9.17) is 10.5 Å². The lowest BCUT2D eigenvalue weighted by molar-refractivity contribution is 0.340. The van der Waals surface area contributed by atoms with Gasteiger partial charge in [0.15, 0.2) is 0 Å². The van der Waals surface area contributed by atoms with E-state index < -0.39 is 0 Å². The van der Waals surface area contributed by atoms with Gasteiger partial charge in [-0.2, -0.15) is 0 Å². The van der Waals surface area contributed by atoms with E-state index >= 15 is 0 Å². The third-order valence-electron chi connectivity index (χ3n) is 2.59. The van der Waals surface area contributed by atoms with Gasteiger partial charge in [0.2, 0.25) is 0 Å². The van der Waals surface area contributed by atoms with Crippen LogP contribution in [0.3, 0.4) is 0 Å². The molecule has 0 aliphatic heterocycles. The Morgan fingerprint density at radius 1 is 1.19 bits per heavy atom. The summed E-state index contributed by atoms with van der Waals surface area (Å²) in [6.45, 7) is 7.04. The van der Waals surface area contributed by atoms with Gasteiger partial charge < -0.3 is 10.5 Å². The van der Waals surface area contributed by atoms with Crippen molar-refractivity contribution in [3.8, 4) is 5.75 Å². The fourth-order valence-corrected chi connectivity index (χ4v) is 2.01. The number of hydrogen-bond acceptors (Lipinski definition) is 2. The molecule has 0 bridgehead atoms. The molecule has 1 aromatic rings. The molecule has 0 fully saturated rings. The normalized spacial score (nSPS) is 14.5. The maximum atomic E-state index is 5.79. The van der Waals surface area contributed by atoms with E-state index in [9.17, 15) is 0 Å². The van der Waals surface area contributed by atoms with Crippen molar-refractivity contribution in [2.45, 2.75) is 39.7 Å². The molecule has 0 spiro atoms. The lowest BCUT2D eigenvalue weighted by Gasteiger charge is -2.14. The number of hydrogen-bond donors (Lipinski definition) is 1. The Kier molecular flexibility index (Phi) is 5.33. The molecule has 2 nitrogen and oxygen atoms in total. The SMILES string of the molecule is CCOc1ccc(CC(C)CC(C)N)cc1. The zero-order valence-corrected chi connectivity index (χ0v) is 10.6. The Balaban J connectivity index is 2.48. The van der Waals surface area contributed by atoms with Crippen LogP contribution in [-0.4, -0.2) is 12.6 Å². The third kappa shape index (κ3) is 4.67. The molecular formula is C14H23NO. The van der Waals surface area contributed by atoms with Gasteiger partial charge in [0, 0.05) is 6.04 Å². The van der Waals surface area contributed by atoms with Crippen LogP contribution < -0.4 is 10.5 Å². The monoisotopic (exact) mass is 221 g/mol. The van der Waals surface area contributed by atoms with Crippen LogP contribution in [0.4, 0.5) is 0 Å². The van der Waals surface area contributed by atoms with Crippen LogP contribution in [-0.2, 0) is 6.42 Å². The second-order valence-electron chi connectivity index (χ2n) is 4.60. The topological polar surface area (TPSA) is 35.2 Å². The van der Waals surface area contributed by atoms with Crippen LogP contribution >= 0.6 is 0 Å². The molecule has 90 valence electrons. The smallest absolute Gasteiger partial charge is 0.119 e. The summed E-state index contributed by atoms with van der Waals surface area (Å²) in [6.07, 6.45) is 2.17. The first-order valence-electron chi connectivity index (χ1n) is 6.09. The first-order valence-corrected chi connectivity index (χ1v) is 6.09. The standard InChI is InChI=1S/C14H23NO/c1-4-16-14-7-5-13(6-8-14)10-11(2)9-12(3)15/h5-8,11-12H,4,9-10,15H2,1-3H3. The predicted octanol–water partition coefficient (Wildman–Crippen LogP) is 3.00. The summed E-state index contributed by atoms with van der Waals surface area (Å²) in [7, 11) is 0. The summed E-state index contributed by atoms with van der Waals surface area (Å²) in [5.74, 6) is 1.59. The van der Waals surface area contributed by atoms with Gasteiger partial charge in [-0.05, 0) is 50.3 Å². The Labute approximate surface area is 98.8 Å². The van der Waals surface area contributed by atoms with E-state index in [1.54, 1.807) is 0 Å². The first kappa shape index (κ1) is 13.0. The van der Waals surface area contributed by atoms with E-state index in [2.05, 4.69) is 26.0 Å². The molecule has 2 atom stereocenters. The highest BCUT2D eigenvalue weighted by Crippen LogP contribution is 2.17. The van der Waals surface area contributed by atoms with Crippen molar-refractivity contribution in [3.63, 3.8) is 0 Å². The minimum atomic E-state index is 0.290. The molecule has 0 aromatic heterocycles. The summed E-state index contributed by atoms with van der Waals surface area (Å²) in [5, 5.41) is 0. The molecule has 2 unspecified atom stereocenters. The fraction of sp³-hybridized carbons (Fsp3) is 0.571. The van der Waals surface area contributed by atoms with Crippen molar-refractivity contribution < 1.29 is 4.74 Å². The fourth-order valence-electron chi connectivity index (χ4n) is 2.01. The van der Waals surface area contributed by atoms with Gasteiger partial charge in [0.25, 0.3) is 0 Å². The largest absolute Gasteiger partial charge is 0.494 e. The van der Waals surface area contributed by atoms with E-state index in [0.717, 1.165) is 25.2 Å². The van der Waals surface area contributed by atoms with Gasteiger partial charge >= 0.3 is 0 Å². The second-order valence-corrected chi connectivity index (χ2v) is 4.60. The summed E-state index contributed by atoms with van der Waals surface area (Å²) in [4.78, 5) is 0. The van der Waals surface area contributed by atoms with Crippen LogP contribution in [0.15, 0.2) is 24.3 Å². The molecule has 0 aliphatic carbocycles. The molecule has 0 aliphatic rings. The number of rotatable bonds is 6. The van der Waals surface area contributed by atoms with Gasteiger partial charge in [-0.25, -0.2) is 0 Å². The third-order valence-corrected chi connectivity index (χ3v) is 2.59. The minimum Gasteiger partial charge on any atom is -0.494 e. The summed E-state index contributed by atoms with van der Waals surface area (Å²) < 4.78 is 5.41. The van der Waals surface area contributed by atoms with Crippen LogP contribution in [0.2, 0.25) is 0 Å². The molecule has 1 rings (SSSR count). The highest BCUT2D eigenvalue weighted by atomic mass is 16.5. The number of ether oxygens (including phenoxy) is 1. The quantitative estimate of drug-likeness (QED) is 0.801. The van der Waals surface area contributed by atoms with Crippen LogP contribution in [0.25, 0.3) is 0 Å². The Morgan fingerprint density at radius 2 is 1.81 bits per heavy atom. The summed E-state index contributed by atoms with van der Waals surface area (Å²) >= 11 is 0. The Hall–Kier alpha value is -1.02. The van der Waals surface area contributed by atoms with Crippen molar-refractivity contribution in [1.29, 1.82) is 0 Å². The number of benzene rings is 1. The second kappa shape index (κ2) is 6.54. The van der Waals surface area contributed by atoms with Gasteiger partial charge in [0.1, 0.15) is 5.75 Å². The van der Waals surface area contributed by atoms with Gasteiger partial charge in [0.05, 0.1) is 6.61 Å². The molecule has 0 radical (unpaired) electrons. The van der Waals surface area contributed by atoms with Crippen LogP contribution in [0.5, 0.6) is 5.75 Å². The maximum absolute atomic E-state index is 5.79. The lowest BCUT2D eigenvalue weighted by atomic mass is 9.95. The molecule has 0 amide bonds. The minimum absolute atomic E-state index is 0.290. The van der Waals surface area contributed by atoms with Crippen LogP contribution in [0.1, 0.15) is 32.8 Å². The van der Waals surface area contributed by atoms with Crippen molar-refractivity contribution >= 4 is 0 Å². The molecular weight excluding hydrogens is 198 g/mol. The van der Waals surface area contributed by atoms with Crippen molar-refractivity contribution in [2.75, 3.05) is 6.61 Å². The molecule has 2 N–H and O–H groups in total. The Morgan fingerprint density at radius 3 is 2.31 bits per heavy atom.